The Hall–Kier alpha value is -1.44. The molecular weight excluding hydrogens is 169 g/mol. The summed E-state index contributed by atoms with van der Waals surface area (Å²) in [4.78, 5) is 0. The zero-order valence-corrected chi connectivity index (χ0v) is 6.16. The first-order valence-corrected chi connectivity index (χ1v) is 3.09. The summed E-state index contributed by atoms with van der Waals surface area (Å²) in [5.41, 5.74) is -1.01. The zero-order valence-electron chi connectivity index (χ0n) is 6.16. The fraction of sp³-hybridized carbons (Fsp3) is 0.286. The molecule has 0 fully saturated rings. The largest absolute Gasteiger partial charge is 0.434 e. The lowest BCUT2D eigenvalue weighted by Crippen LogP contribution is -2.07. The zero-order chi connectivity index (χ0) is 9.19. The van der Waals surface area contributed by atoms with Crippen LogP contribution in [-0.4, -0.2) is 10.2 Å². The number of nitrogens with zero attached hydrogens (tertiary/aromatic N) is 1. The second-order valence-corrected chi connectivity index (χ2v) is 2.03. The van der Waals surface area contributed by atoms with Gasteiger partial charge >= 0.3 is 6.18 Å². The summed E-state index contributed by atoms with van der Waals surface area (Å²) in [5, 5.41) is 5.11. The van der Waals surface area contributed by atoms with Crippen molar-refractivity contribution in [3.05, 3.63) is 17.5 Å². The van der Waals surface area contributed by atoms with Gasteiger partial charge in [0.2, 0.25) is 0 Å². The number of hydrogen-bond donors (Lipinski definition) is 1. The van der Waals surface area contributed by atoms with Crippen LogP contribution in [0.4, 0.5) is 13.2 Å². The molecule has 12 heavy (non-hydrogen) atoms. The number of H-pyrrole nitrogens is 1. The van der Waals surface area contributed by atoms with Gasteiger partial charge in [-0.1, -0.05) is 5.92 Å². The highest BCUT2D eigenvalue weighted by molar-refractivity contribution is 5.36. The van der Waals surface area contributed by atoms with E-state index in [4.69, 9.17) is 0 Å². The number of nitrogens with one attached hydrogen (secondary N) is 1. The van der Waals surface area contributed by atoms with Crippen LogP contribution in [0.15, 0.2) is 6.20 Å². The summed E-state index contributed by atoms with van der Waals surface area (Å²) < 4.78 is 36.2. The summed E-state index contributed by atoms with van der Waals surface area (Å²) in [6.45, 7) is 1.47. The standard InChI is InChI=1S/C7H5F3N2/c1-2-3-5-4-11-12-6(5)7(8,9)10/h4H,1H3,(H,11,12). The Labute approximate surface area is 66.8 Å². The molecular formula is C7H5F3N2. The highest BCUT2D eigenvalue weighted by Crippen LogP contribution is 2.29. The third-order valence-electron chi connectivity index (χ3n) is 1.18. The van der Waals surface area contributed by atoms with Gasteiger partial charge in [0, 0.05) is 0 Å². The van der Waals surface area contributed by atoms with E-state index in [1.54, 1.807) is 0 Å². The number of aromatic amines is 1. The molecule has 2 nitrogen and oxygen atoms in total. The fourth-order valence-electron chi connectivity index (χ4n) is 0.732. The van der Waals surface area contributed by atoms with E-state index >= 15 is 0 Å². The van der Waals surface area contributed by atoms with Crippen molar-refractivity contribution in [1.82, 2.24) is 10.2 Å². The Bertz CT molecular complexity index is 326. The summed E-state index contributed by atoms with van der Waals surface area (Å²) >= 11 is 0. The van der Waals surface area contributed by atoms with Crippen LogP contribution in [0.5, 0.6) is 0 Å². The number of halogens is 3. The lowest BCUT2D eigenvalue weighted by atomic mass is 10.2. The van der Waals surface area contributed by atoms with Gasteiger partial charge in [-0.15, -0.1) is 5.92 Å². The highest BCUT2D eigenvalue weighted by Gasteiger charge is 2.35. The van der Waals surface area contributed by atoms with Crippen molar-refractivity contribution in [2.24, 2.45) is 0 Å². The number of alkyl halides is 3. The second-order valence-electron chi connectivity index (χ2n) is 2.03. The van der Waals surface area contributed by atoms with Gasteiger partial charge in [-0.3, -0.25) is 5.10 Å². The first-order chi connectivity index (χ1) is 5.55. The molecule has 0 aliphatic heterocycles. The van der Waals surface area contributed by atoms with Crippen LogP contribution in [0.25, 0.3) is 0 Å². The van der Waals surface area contributed by atoms with Gasteiger partial charge in [0.25, 0.3) is 0 Å². The van der Waals surface area contributed by atoms with Crippen LogP contribution in [0.2, 0.25) is 0 Å². The molecule has 0 bridgehead atoms. The van der Waals surface area contributed by atoms with Gasteiger partial charge in [0.1, 0.15) is 0 Å². The van der Waals surface area contributed by atoms with Gasteiger partial charge < -0.3 is 0 Å². The number of hydrogen-bond acceptors (Lipinski definition) is 1. The van der Waals surface area contributed by atoms with Crippen molar-refractivity contribution in [2.75, 3.05) is 0 Å². The maximum absolute atomic E-state index is 12.1. The smallest absolute Gasteiger partial charge is 0.273 e. The molecule has 1 rings (SSSR count). The van der Waals surface area contributed by atoms with Crippen molar-refractivity contribution in [3.63, 3.8) is 0 Å². The molecule has 1 aromatic heterocycles. The molecule has 0 saturated heterocycles. The van der Waals surface area contributed by atoms with Crippen LogP contribution in [0.1, 0.15) is 18.2 Å². The normalized spacial score (nSPS) is 10.7. The monoisotopic (exact) mass is 174 g/mol. The first kappa shape index (κ1) is 8.65. The Balaban J connectivity index is 3.13. The molecule has 0 atom stereocenters. The minimum atomic E-state index is -4.41. The fourth-order valence-corrected chi connectivity index (χ4v) is 0.732. The first-order valence-electron chi connectivity index (χ1n) is 3.09. The molecule has 0 aliphatic carbocycles. The van der Waals surface area contributed by atoms with E-state index in [0.717, 1.165) is 6.20 Å². The van der Waals surface area contributed by atoms with Crippen LogP contribution in [-0.2, 0) is 6.18 Å². The predicted octanol–water partition coefficient (Wildman–Crippen LogP) is 1.80. The molecule has 0 aliphatic rings. The Kier molecular flexibility index (Phi) is 2.09. The van der Waals surface area contributed by atoms with E-state index in [9.17, 15) is 13.2 Å². The Morgan fingerprint density at radius 2 is 2.17 bits per heavy atom. The number of rotatable bonds is 0. The van der Waals surface area contributed by atoms with Crippen molar-refractivity contribution < 1.29 is 13.2 Å². The molecule has 0 amide bonds. The lowest BCUT2D eigenvalue weighted by molar-refractivity contribution is -0.141. The third-order valence-corrected chi connectivity index (χ3v) is 1.18. The average Bonchev–Trinajstić information content (AvgIpc) is 2.34. The van der Waals surface area contributed by atoms with Gasteiger partial charge in [-0.05, 0) is 6.92 Å². The van der Waals surface area contributed by atoms with Crippen LogP contribution >= 0.6 is 0 Å². The lowest BCUT2D eigenvalue weighted by Gasteiger charge is -2.02. The maximum atomic E-state index is 12.1. The molecule has 0 spiro atoms. The van der Waals surface area contributed by atoms with Crippen LogP contribution in [0, 0.1) is 11.8 Å². The van der Waals surface area contributed by atoms with Crippen molar-refractivity contribution in [1.29, 1.82) is 0 Å². The van der Waals surface area contributed by atoms with Crippen molar-refractivity contribution in [3.8, 4) is 11.8 Å². The van der Waals surface area contributed by atoms with E-state index in [1.165, 1.54) is 6.92 Å². The van der Waals surface area contributed by atoms with Gasteiger partial charge in [-0.2, -0.15) is 18.3 Å². The minimum absolute atomic E-state index is 0.120. The van der Waals surface area contributed by atoms with Gasteiger partial charge in [0.05, 0.1) is 11.8 Å². The molecule has 0 aromatic carbocycles. The maximum Gasteiger partial charge on any atom is 0.434 e. The van der Waals surface area contributed by atoms with Crippen molar-refractivity contribution >= 4 is 0 Å². The Morgan fingerprint density at radius 3 is 2.67 bits per heavy atom. The topological polar surface area (TPSA) is 28.7 Å². The molecule has 1 N–H and O–H groups in total. The molecule has 1 aromatic rings. The second kappa shape index (κ2) is 2.89. The SMILES string of the molecule is CC#Cc1cn[nH]c1C(F)(F)F. The quantitative estimate of drug-likeness (QED) is 0.597. The molecule has 5 heteroatoms. The van der Waals surface area contributed by atoms with Crippen LogP contribution < -0.4 is 0 Å². The number of aromatic nitrogens is 2. The molecule has 64 valence electrons. The van der Waals surface area contributed by atoms with E-state index in [2.05, 4.69) is 16.9 Å². The van der Waals surface area contributed by atoms with E-state index < -0.39 is 11.9 Å². The third kappa shape index (κ3) is 1.59. The minimum Gasteiger partial charge on any atom is -0.273 e. The summed E-state index contributed by atoms with van der Waals surface area (Å²) in [5.74, 6) is 4.67. The van der Waals surface area contributed by atoms with E-state index in [-0.39, 0.29) is 5.56 Å². The molecule has 1 heterocycles. The molecule has 0 unspecified atom stereocenters. The molecule has 0 radical (unpaired) electrons. The summed E-state index contributed by atoms with van der Waals surface area (Å²) in [6.07, 6.45) is -3.35. The van der Waals surface area contributed by atoms with Crippen molar-refractivity contribution in [2.45, 2.75) is 13.1 Å². The predicted molar refractivity (Wildman–Crippen MR) is 36.1 cm³/mol. The van der Waals surface area contributed by atoms with E-state index in [0.29, 0.717) is 0 Å². The highest BCUT2D eigenvalue weighted by atomic mass is 19.4. The van der Waals surface area contributed by atoms with E-state index in [1.807, 2.05) is 5.10 Å². The Morgan fingerprint density at radius 1 is 1.50 bits per heavy atom. The van der Waals surface area contributed by atoms with Crippen LogP contribution in [0.3, 0.4) is 0 Å². The molecule has 0 saturated carbocycles. The summed E-state index contributed by atoms with van der Waals surface area (Å²) in [7, 11) is 0. The average molecular weight is 174 g/mol. The van der Waals surface area contributed by atoms with Gasteiger partial charge in [0.15, 0.2) is 5.69 Å². The van der Waals surface area contributed by atoms with Gasteiger partial charge in [-0.25, -0.2) is 0 Å². The summed E-state index contributed by atoms with van der Waals surface area (Å²) in [6, 6.07) is 0.